The number of nitro groups is 1. The van der Waals surface area contributed by atoms with E-state index in [2.05, 4.69) is 18.4 Å². The molecule has 1 aromatic heterocycles. The van der Waals surface area contributed by atoms with Gasteiger partial charge in [0.1, 0.15) is 6.54 Å². The first kappa shape index (κ1) is 30.3. The van der Waals surface area contributed by atoms with Crippen molar-refractivity contribution in [3.8, 4) is 0 Å². The third-order valence-electron chi connectivity index (χ3n) is 7.80. The summed E-state index contributed by atoms with van der Waals surface area (Å²) in [5, 5.41) is 11.8. The number of halogens is 1. The molecule has 218 valence electrons. The molecule has 0 N–H and O–H groups in total. The summed E-state index contributed by atoms with van der Waals surface area (Å²) in [4.78, 5) is 41.7. The summed E-state index contributed by atoms with van der Waals surface area (Å²) in [7, 11) is 0. The molecule has 1 aliphatic carbocycles. The Morgan fingerprint density at radius 2 is 1.73 bits per heavy atom. The lowest BCUT2D eigenvalue weighted by atomic mass is 9.94. The first-order valence-electron chi connectivity index (χ1n) is 14.4. The molecular formula is C32H39ClN4O4. The fourth-order valence-corrected chi connectivity index (χ4v) is 5.57. The lowest BCUT2D eigenvalue weighted by Gasteiger charge is -2.36. The number of non-ortho nitro benzene ring substituents is 1. The number of benzene rings is 2. The van der Waals surface area contributed by atoms with Crippen LogP contribution in [0.3, 0.4) is 0 Å². The molecule has 0 aliphatic heterocycles. The number of carbonyl (C=O) groups is 2. The zero-order chi connectivity index (χ0) is 29.4. The molecule has 9 heteroatoms. The van der Waals surface area contributed by atoms with E-state index in [1.54, 1.807) is 4.90 Å². The van der Waals surface area contributed by atoms with Crippen molar-refractivity contribution >= 4 is 29.1 Å². The molecule has 0 bridgehead atoms. The molecule has 8 nitrogen and oxygen atoms in total. The van der Waals surface area contributed by atoms with Crippen molar-refractivity contribution in [2.75, 3.05) is 13.1 Å². The van der Waals surface area contributed by atoms with Crippen LogP contribution in [0.5, 0.6) is 0 Å². The first-order valence-corrected chi connectivity index (χ1v) is 14.8. The van der Waals surface area contributed by atoms with E-state index < -0.39 is 4.92 Å². The van der Waals surface area contributed by atoms with Gasteiger partial charge in [-0.1, -0.05) is 62.9 Å². The number of amides is 2. The molecule has 3 aromatic rings. The van der Waals surface area contributed by atoms with Crippen LogP contribution in [0, 0.1) is 16.0 Å². The minimum absolute atomic E-state index is 0.0374. The average molecular weight is 579 g/mol. The molecular weight excluding hydrogens is 540 g/mol. The molecule has 41 heavy (non-hydrogen) atoms. The van der Waals surface area contributed by atoms with Crippen LogP contribution in [-0.2, 0) is 17.9 Å². The largest absolute Gasteiger partial charge is 0.345 e. The van der Waals surface area contributed by atoms with Gasteiger partial charge in [-0.15, -0.1) is 0 Å². The van der Waals surface area contributed by atoms with Crippen molar-refractivity contribution in [3.05, 3.63) is 98.8 Å². The van der Waals surface area contributed by atoms with Crippen LogP contribution in [0.2, 0.25) is 5.02 Å². The summed E-state index contributed by atoms with van der Waals surface area (Å²) in [6, 6.07) is 17.5. The second-order valence-electron chi connectivity index (χ2n) is 11.2. The van der Waals surface area contributed by atoms with E-state index in [0.717, 1.165) is 43.4 Å². The predicted molar refractivity (Wildman–Crippen MR) is 161 cm³/mol. The highest BCUT2D eigenvalue weighted by Crippen LogP contribution is 2.26. The Labute approximate surface area is 247 Å². The number of rotatable bonds is 12. The van der Waals surface area contributed by atoms with Gasteiger partial charge in [0.2, 0.25) is 5.91 Å². The van der Waals surface area contributed by atoms with E-state index in [-0.39, 0.29) is 30.1 Å². The monoisotopic (exact) mass is 578 g/mol. The lowest BCUT2D eigenvalue weighted by molar-refractivity contribution is -0.384. The van der Waals surface area contributed by atoms with Crippen molar-refractivity contribution in [2.45, 2.75) is 71.5 Å². The molecule has 1 aliphatic rings. The van der Waals surface area contributed by atoms with Gasteiger partial charge >= 0.3 is 0 Å². The summed E-state index contributed by atoms with van der Waals surface area (Å²) in [6.07, 6.45) is 7.96. The van der Waals surface area contributed by atoms with E-state index in [4.69, 9.17) is 11.6 Å². The van der Waals surface area contributed by atoms with Crippen molar-refractivity contribution in [1.82, 2.24) is 14.4 Å². The van der Waals surface area contributed by atoms with Crippen LogP contribution in [-0.4, -0.2) is 50.2 Å². The predicted octanol–water partition coefficient (Wildman–Crippen LogP) is 6.95. The summed E-state index contributed by atoms with van der Waals surface area (Å²) in [5.74, 6) is -0.0270. The van der Waals surface area contributed by atoms with Gasteiger partial charge in [0.15, 0.2) is 0 Å². The van der Waals surface area contributed by atoms with Gasteiger partial charge in [0.25, 0.3) is 11.6 Å². The van der Waals surface area contributed by atoms with Crippen LogP contribution < -0.4 is 0 Å². The van der Waals surface area contributed by atoms with E-state index >= 15 is 0 Å². The normalized spacial score (nSPS) is 13.8. The quantitative estimate of drug-likeness (QED) is 0.172. The summed E-state index contributed by atoms with van der Waals surface area (Å²) >= 11 is 6.44. The number of nitrogens with zero attached hydrogens (tertiary/aromatic N) is 4. The SMILES string of the molecule is CC(C)CCN(CC(=O)N(Cc1cccn1Cc1ccccc1Cl)C1CCCCC1)C(=O)c1ccc([N+](=O)[O-])cc1. The van der Waals surface area contributed by atoms with Gasteiger partial charge in [0, 0.05) is 53.7 Å². The topological polar surface area (TPSA) is 88.7 Å². The minimum Gasteiger partial charge on any atom is -0.345 e. The summed E-state index contributed by atoms with van der Waals surface area (Å²) in [5.41, 5.74) is 2.29. The van der Waals surface area contributed by atoms with Crippen molar-refractivity contribution in [2.24, 2.45) is 5.92 Å². The van der Waals surface area contributed by atoms with Gasteiger partial charge in [0.05, 0.1) is 11.5 Å². The Hall–Kier alpha value is -3.65. The second-order valence-corrected chi connectivity index (χ2v) is 11.7. The fourth-order valence-electron chi connectivity index (χ4n) is 5.37. The zero-order valence-electron chi connectivity index (χ0n) is 23.9. The number of nitro benzene ring substituents is 1. The Bertz CT molecular complexity index is 1330. The molecule has 4 rings (SSSR count). The molecule has 1 heterocycles. The third-order valence-corrected chi connectivity index (χ3v) is 8.17. The highest BCUT2D eigenvalue weighted by atomic mass is 35.5. The van der Waals surface area contributed by atoms with E-state index in [0.29, 0.717) is 36.1 Å². The van der Waals surface area contributed by atoms with E-state index in [9.17, 15) is 19.7 Å². The second kappa shape index (κ2) is 14.3. The Balaban J connectivity index is 1.56. The fraction of sp³-hybridized carbons (Fsp3) is 0.438. The molecule has 1 saturated carbocycles. The number of hydrogen-bond donors (Lipinski definition) is 0. The Kier molecular flexibility index (Phi) is 10.6. The lowest BCUT2D eigenvalue weighted by Crippen LogP contribution is -2.48. The van der Waals surface area contributed by atoms with Crippen LogP contribution in [0.4, 0.5) is 5.69 Å². The standard InChI is InChI=1S/C32H39ClN4O4/c1-24(2)18-20-35(32(39)25-14-16-28(17-15-25)37(40)41)23-31(38)36(27-10-4-3-5-11-27)22-29-12-8-19-34(29)21-26-9-6-7-13-30(26)33/h6-9,12-17,19,24,27H,3-5,10-11,18,20-23H2,1-2H3. The van der Waals surface area contributed by atoms with Crippen LogP contribution in [0.15, 0.2) is 66.9 Å². The summed E-state index contributed by atoms with van der Waals surface area (Å²) < 4.78 is 2.13. The Morgan fingerprint density at radius 3 is 2.39 bits per heavy atom. The van der Waals surface area contributed by atoms with Gasteiger partial charge < -0.3 is 14.4 Å². The number of aromatic nitrogens is 1. The first-order chi connectivity index (χ1) is 19.7. The van der Waals surface area contributed by atoms with Crippen molar-refractivity contribution < 1.29 is 14.5 Å². The molecule has 2 amide bonds. The van der Waals surface area contributed by atoms with E-state index in [1.807, 2.05) is 47.5 Å². The maximum Gasteiger partial charge on any atom is 0.269 e. The molecule has 0 spiro atoms. The maximum absolute atomic E-state index is 14.0. The smallest absolute Gasteiger partial charge is 0.269 e. The van der Waals surface area contributed by atoms with Crippen LogP contribution >= 0.6 is 11.6 Å². The van der Waals surface area contributed by atoms with Crippen molar-refractivity contribution in [1.29, 1.82) is 0 Å². The maximum atomic E-state index is 14.0. The average Bonchev–Trinajstić information content (AvgIpc) is 3.41. The number of hydrogen-bond acceptors (Lipinski definition) is 4. The van der Waals surface area contributed by atoms with Gasteiger partial charge in [-0.2, -0.15) is 0 Å². The molecule has 1 fully saturated rings. The van der Waals surface area contributed by atoms with Crippen LogP contribution in [0.1, 0.15) is 74.0 Å². The highest BCUT2D eigenvalue weighted by molar-refractivity contribution is 6.31. The third kappa shape index (κ3) is 8.19. The zero-order valence-corrected chi connectivity index (χ0v) is 24.6. The minimum atomic E-state index is -0.488. The summed E-state index contributed by atoms with van der Waals surface area (Å²) in [6.45, 7) is 5.61. The van der Waals surface area contributed by atoms with Crippen molar-refractivity contribution in [3.63, 3.8) is 0 Å². The molecule has 2 aromatic carbocycles. The van der Waals surface area contributed by atoms with Gasteiger partial charge in [-0.05, 0) is 61.1 Å². The molecule has 0 radical (unpaired) electrons. The van der Waals surface area contributed by atoms with Crippen LogP contribution in [0.25, 0.3) is 0 Å². The molecule has 0 atom stereocenters. The van der Waals surface area contributed by atoms with Gasteiger partial charge in [-0.3, -0.25) is 19.7 Å². The molecule has 0 saturated heterocycles. The van der Waals surface area contributed by atoms with Gasteiger partial charge in [-0.25, -0.2) is 0 Å². The van der Waals surface area contributed by atoms with E-state index in [1.165, 1.54) is 30.7 Å². The number of carbonyl (C=O) groups excluding carboxylic acids is 2. The highest BCUT2D eigenvalue weighted by Gasteiger charge is 2.29. The molecule has 0 unspecified atom stereocenters. The Morgan fingerprint density at radius 1 is 1.02 bits per heavy atom.